The number of nitrogens with one attached hydrogen (secondary N) is 1. The number of aromatic hydroxyl groups is 1. The van der Waals surface area contributed by atoms with Crippen molar-refractivity contribution in [2.24, 2.45) is 0 Å². The van der Waals surface area contributed by atoms with Crippen LogP contribution in [0.3, 0.4) is 0 Å². The molecule has 3 aromatic heterocycles. The van der Waals surface area contributed by atoms with E-state index in [9.17, 15) is 14.7 Å². The zero-order valence-corrected chi connectivity index (χ0v) is 27.0. The molecule has 2 N–H and O–H groups in total. The Morgan fingerprint density at radius 1 is 1.02 bits per heavy atom. The molecular weight excluding hydrogens is 602 g/mol. The molecule has 0 spiro atoms. The Hall–Kier alpha value is -4.88. The number of nitrogens with zero attached hydrogens (tertiary/aromatic N) is 6. The molecule has 13 nitrogen and oxygen atoms in total. The second-order valence-corrected chi connectivity index (χ2v) is 12.6. The topological polar surface area (TPSA) is 135 Å². The van der Waals surface area contributed by atoms with Gasteiger partial charge in [0.15, 0.2) is 0 Å². The summed E-state index contributed by atoms with van der Waals surface area (Å²) in [5.41, 5.74) is 0.949. The van der Waals surface area contributed by atoms with Crippen LogP contribution in [0.1, 0.15) is 31.3 Å². The molecular formula is C34H41N7O6. The molecule has 0 atom stereocenters. The first-order chi connectivity index (χ1) is 22.6. The molecule has 5 heterocycles. The number of rotatable bonds is 8. The maximum absolute atomic E-state index is 13.4. The third kappa shape index (κ3) is 7.75. The summed E-state index contributed by atoms with van der Waals surface area (Å²) in [6.07, 6.45) is 4.72. The minimum atomic E-state index is -0.558. The molecule has 2 aliphatic rings. The molecule has 6 rings (SSSR count). The molecule has 0 unspecified atom stereocenters. The molecule has 0 aliphatic carbocycles. The van der Waals surface area contributed by atoms with Gasteiger partial charge in [0.2, 0.25) is 5.88 Å². The van der Waals surface area contributed by atoms with Crippen LogP contribution in [0.25, 0.3) is 16.6 Å². The minimum absolute atomic E-state index is 0.00348. The van der Waals surface area contributed by atoms with Gasteiger partial charge in [-0.3, -0.25) is 19.2 Å². The molecule has 2 saturated heterocycles. The van der Waals surface area contributed by atoms with Crippen LogP contribution in [0.4, 0.5) is 16.2 Å². The lowest BCUT2D eigenvalue weighted by Crippen LogP contribution is -2.50. The van der Waals surface area contributed by atoms with E-state index in [1.165, 1.54) is 0 Å². The number of pyridine rings is 2. The van der Waals surface area contributed by atoms with Gasteiger partial charge in [-0.2, -0.15) is 0 Å². The van der Waals surface area contributed by atoms with Gasteiger partial charge in [0.25, 0.3) is 5.91 Å². The molecule has 2 amide bonds. The van der Waals surface area contributed by atoms with Crippen molar-refractivity contribution < 1.29 is 28.9 Å². The highest BCUT2D eigenvalue weighted by molar-refractivity contribution is 6.04. The van der Waals surface area contributed by atoms with E-state index in [1.807, 2.05) is 45.0 Å². The average Bonchev–Trinajstić information content (AvgIpc) is 3.40. The minimum Gasteiger partial charge on any atom is -0.494 e. The molecule has 13 heteroatoms. The van der Waals surface area contributed by atoms with Crippen LogP contribution in [0.2, 0.25) is 0 Å². The predicted octanol–water partition coefficient (Wildman–Crippen LogP) is 4.15. The fourth-order valence-electron chi connectivity index (χ4n) is 5.64. The van der Waals surface area contributed by atoms with E-state index >= 15 is 0 Å². The molecule has 0 radical (unpaired) electrons. The lowest BCUT2D eigenvalue weighted by Gasteiger charge is -2.37. The molecule has 248 valence electrons. The molecule has 2 fully saturated rings. The monoisotopic (exact) mass is 643 g/mol. The summed E-state index contributed by atoms with van der Waals surface area (Å²) in [4.78, 5) is 40.8. The number of benzene rings is 1. The maximum atomic E-state index is 13.4. The van der Waals surface area contributed by atoms with Crippen LogP contribution in [-0.4, -0.2) is 113 Å². The predicted molar refractivity (Wildman–Crippen MR) is 178 cm³/mol. The Morgan fingerprint density at radius 2 is 1.81 bits per heavy atom. The zero-order chi connectivity index (χ0) is 33.0. The van der Waals surface area contributed by atoms with Gasteiger partial charge in [-0.05, 0) is 57.2 Å². The van der Waals surface area contributed by atoms with Crippen LogP contribution >= 0.6 is 0 Å². The lowest BCUT2D eigenvalue weighted by molar-refractivity contribution is 0.0240. The summed E-state index contributed by atoms with van der Waals surface area (Å²) < 4.78 is 18.4. The normalized spacial score (nSPS) is 15.9. The van der Waals surface area contributed by atoms with Crippen LogP contribution in [-0.2, 0) is 9.47 Å². The lowest BCUT2D eigenvalue weighted by atomic mass is 10.2. The first kappa shape index (κ1) is 32.1. The van der Waals surface area contributed by atoms with Gasteiger partial charge in [0.1, 0.15) is 29.5 Å². The Labute approximate surface area is 273 Å². The van der Waals surface area contributed by atoms with E-state index in [0.717, 1.165) is 43.9 Å². The van der Waals surface area contributed by atoms with Crippen LogP contribution < -0.4 is 15.0 Å². The van der Waals surface area contributed by atoms with Crippen molar-refractivity contribution >= 4 is 34.1 Å². The van der Waals surface area contributed by atoms with Crippen LogP contribution in [0.5, 0.6) is 11.6 Å². The Balaban J connectivity index is 1.12. The zero-order valence-electron chi connectivity index (χ0n) is 27.0. The Bertz CT molecular complexity index is 1720. The quantitative estimate of drug-likeness (QED) is 0.289. The van der Waals surface area contributed by atoms with E-state index < -0.39 is 11.5 Å². The third-order valence-corrected chi connectivity index (χ3v) is 8.07. The van der Waals surface area contributed by atoms with E-state index in [2.05, 4.69) is 25.1 Å². The number of carbonyl (C=O) groups excluding carboxylic acids is 2. The van der Waals surface area contributed by atoms with E-state index in [0.29, 0.717) is 55.4 Å². The average molecular weight is 644 g/mol. The van der Waals surface area contributed by atoms with Crippen molar-refractivity contribution in [1.82, 2.24) is 24.3 Å². The van der Waals surface area contributed by atoms with Gasteiger partial charge in [-0.1, -0.05) is 6.07 Å². The number of anilines is 2. The molecule has 4 aromatic rings. The van der Waals surface area contributed by atoms with Crippen molar-refractivity contribution in [2.75, 3.05) is 75.9 Å². The summed E-state index contributed by atoms with van der Waals surface area (Å²) in [5, 5.41) is 15.5. The van der Waals surface area contributed by atoms with Gasteiger partial charge in [0.05, 0.1) is 30.8 Å². The summed E-state index contributed by atoms with van der Waals surface area (Å²) >= 11 is 0. The van der Waals surface area contributed by atoms with Crippen molar-refractivity contribution in [2.45, 2.75) is 26.4 Å². The second kappa shape index (κ2) is 13.9. The van der Waals surface area contributed by atoms with Gasteiger partial charge >= 0.3 is 6.09 Å². The smallest absolute Gasteiger partial charge is 0.410 e. The first-order valence-electron chi connectivity index (χ1n) is 15.9. The van der Waals surface area contributed by atoms with Gasteiger partial charge in [0, 0.05) is 69.0 Å². The number of piperazine rings is 1. The fraction of sp³-hybridized carbons (Fsp3) is 0.412. The largest absolute Gasteiger partial charge is 0.494 e. The molecule has 2 aliphatic heterocycles. The SMILES string of the molecule is CC(C)(C)OC(=O)N1CCN(c2ccncc2NC(=O)c2cccc(-n3cc4ccc(OCCN5CCOCC5)cc4c3O)n2)CC1. The highest BCUT2D eigenvalue weighted by atomic mass is 16.6. The fourth-order valence-corrected chi connectivity index (χ4v) is 5.64. The van der Waals surface area contributed by atoms with Crippen LogP contribution in [0.15, 0.2) is 61.1 Å². The summed E-state index contributed by atoms with van der Waals surface area (Å²) in [6.45, 7) is 12.3. The molecule has 0 saturated carbocycles. The van der Waals surface area contributed by atoms with Crippen molar-refractivity contribution in [3.05, 3.63) is 66.7 Å². The maximum Gasteiger partial charge on any atom is 0.410 e. The van der Waals surface area contributed by atoms with Gasteiger partial charge < -0.3 is 34.4 Å². The van der Waals surface area contributed by atoms with Crippen LogP contribution in [0, 0.1) is 0 Å². The number of hydrogen-bond acceptors (Lipinski definition) is 10. The first-order valence-corrected chi connectivity index (χ1v) is 15.9. The van der Waals surface area contributed by atoms with E-state index in [-0.39, 0.29) is 17.7 Å². The number of hydrogen-bond donors (Lipinski definition) is 2. The Morgan fingerprint density at radius 3 is 2.57 bits per heavy atom. The standard InChI is InChI=1S/C34H41N7O6/c1-34(2,3)47-33(44)40-13-11-39(12-14-40)29-9-10-35-22-28(29)37-31(42)27-5-4-6-30(36-27)41-23-24-7-8-25(21-26(24)32(41)43)46-20-17-38-15-18-45-19-16-38/h4-10,21-23,43H,11-20H2,1-3H3,(H,37,42). The van der Waals surface area contributed by atoms with E-state index in [4.69, 9.17) is 14.2 Å². The van der Waals surface area contributed by atoms with Crippen molar-refractivity contribution in [3.8, 4) is 17.4 Å². The number of amides is 2. The molecule has 1 aromatic carbocycles. The molecule has 0 bridgehead atoms. The number of carbonyl (C=O) groups is 2. The van der Waals surface area contributed by atoms with Gasteiger partial charge in [-0.25, -0.2) is 9.78 Å². The highest BCUT2D eigenvalue weighted by Gasteiger charge is 2.27. The second-order valence-electron chi connectivity index (χ2n) is 12.6. The highest BCUT2D eigenvalue weighted by Crippen LogP contribution is 2.33. The number of fused-ring (bicyclic) bond motifs is 1. The third-order valence-electron chi connectivity index (χ3n) is 8.07. The van der Waals surface area contributed by atoms with Gasteiger partial charge in [-0.15, -0.1) is 0 Å². The molecule has 47 heavy (non-hydrogen) atoms. The Kier molecular flexibility index (Phi) is 9.45. The van der Waals surface area contributed by atoms with Crippen molar-refractivity contribution in [3.63, 3.8) is 0 Å². The van der Waals surface area contributed by atoms with Crippen molar-refractivity contribution in [1.29, 1.82) is 0 Å². The summed E-state index contributed by atoms with van der Waals surface area (Å²) in [6, 6.07) is 12.5. The summed E-state index contributed by atoms with van der Waals surface area (Å²) in [5.74, 6) is 0.647. The number of ether oxygens (including phenoxy) is 3. The number of aromatic nitrogens is 3. The van der Waals surface area contributed by atoms with E-state index in [1.54, 1.807) is 46.3 Å². The number of morpholine rings is 1. The summed E-state index contributed by atoms with van der Waals surface area (Å²) in [7, 11) is 0.